The maximum absolute atomic E-state index is 5.80. The van der Waals surface area contributed by atoms with E-state index in [1.54, 1.807) is 0 Å². The Balaban J connectivity index is 0.00000676. The second kappa shape index (κ2) is 14.2. The molecule has 0 unspecified atom stereocenters. The predicted octanol–water partition coefficient (Wildman–Crippen LogP) is 4.16. The lowest BCUT2D eigenvalue weighted by Gasteiger charge is -2.13. The normalized spacial score (nSPS) is 12.2. The van der Waals surface area contributed by atoms with Gasteiger partial charge in [-0.25, -0.2) is 9.98 Å². The molecule has 0 radical (unpaired) electrons. The summed E-state index contributed by atoms with van der Waals surface area (Å²) in [5.41, 5.74) is -0.0236. The first-order valence-corrected chi connectivity index (χ1v) is 9.95. The Morgan fingerprint density at radius 1 is 1.11 bits per heavy atom. The topological polar surface area (TPSA) is 65.7 Å². The van der Waals surface area contributed by atoms with Crippen molar-refractivity contribution in [3.63, 3.8) is 0 Å². The van der Waals surface area contributed by atoms with Crippen molar-refractivity contribution in [2.24, 2.45) is 4.99 Å². The van der Waals surface area contributed by atoms with Crippen LogP contribution in [0.1, 0.15) is 71.5 Å². The molecule has 0 atom stereocenters. The average molecular weight is 493 g/mol. The van der Waals surface area contributed by atoms with Crippen molar-refractivity contribution in [2.45, 2.75) is 71.8 Å². The van der Waals surface area contributed by atoms with Crippen molar-refractivity contribution in [2.75, 3.05) is 33.7 Å². The monoisotopic (exact) mass is 493 g/mol. The molecule has 6 nitrogen and oxygen atoms in total. The van der Waals surface area contributed by atoms with Crippen molar-refractivity contribution in [1.82, 2.24) is 20.5 Å². The number of aliphatic imine (C=N–C) groups is 1. The first kappa shape index (κ1) is 26.2. The molecule has 0 aliphatic heterocycles. The van der Waals surface area contributed by atoms with Crippen LogP contribution >= 0.6 is 24.0 Å². The Hall–Kier alpha value is -0.830. The minimum atomic E-state index is -0.0236. The molecule has 158 valence electrons. The quantitative estimate of drug-likeness (QED) is 0.210. The molecule has 0 aliphatic rings. The van der Waals surface area contributed by atoms with Crippen molar-refractivity contribution in [3.05, 3.63) is 17.8 Å². The summed E-state index contributed by atoms with van der Waals surface area (Å²) < 4.78 is 5.80. The Kier molecular flexibility index (Phi) is 13.8. The van der Waals surface area contributed by atoms with E-state index in [2.05, 4.69) is 67.3 Å². The standard InChI is InChI=1S/C20H39N5O.HI/c1-7-21-19(22-13-11-9-8-10-12-14-25(5)6)24-16-18-23-15-17(26-18)20(2,3)4;/h15H,7-14,16H2,1-6H3,(H2,21,22,24);1H. The van der Waals surface area contributed by atoms with Crippen molar-refractivity contribution >= 4 is 29.9 Å². The minimum Gasteiger partial charge on any atom is -0.443 e. The van der Waals surface area contributed by atoms with Gasteiger partial charge in [-0.15, -0.1) is 24.0 Å². The maximum atomic E-state index is 5.80. The number of nitrogens with zero attached hydrogens (tertiary/aromatic N) is 3. The summed E-state index contributed by atoms with van der Waals surface area (Å²) in [5.74, 6) is 2.39. The lowest BCUT2D eigenvalue weighted by atomic mass is 9.94. The number of oxazole rings is 1. The molecule has 7 heteroatoms. The Morgan fingerprint density at radius 3 is 2.37 bits per heavy atom. The van der Waals surface area contributed by atoms with E-state index < -0.39 is 0 Å². The second-order valence-corrected chi connectivity index (χ2v) is 8.06. The number of rotatable bonds is 11. The summed E-state index contributed by atoms with van der Waals surface area (Å²) in [4.78, 5) is 11.2. The molecular formula is C20H40IN5O. The zero-order valence-electron chi connectivity index (χ0n) is 18.1. The van der Waals surface area contributed by atoms with Gasteiger partial charge in [0.05, 0.1) is 6.20 Å². The van der Waals surface area contributed by atoms with E-state index in [0.717, 1.165) is 24.8 Å². The number of hydrogen-bond acceptors (Lipinski definition) is 4. The molecule has 0 bridgehead atoms. The zero-order valence-corrected chi connectivity index (χ0v) is 20.4. The fourth-order valence-electron chi connectivity index (χ4n) is 2.51. The number of nitrogens with one attached hydrogen (secondary N) is 2. The molecule has 2 N–H and O–H groups in total. The van der Waals surface area contributed by atoms with Crippen molar-refractivity contribution < 1.29 is 4.42 Å². The van der Waals surface area contributed by atoms with E-state index in [9.17, 15) is 0 Å². The zero-order chi connectivity index (χ0) is 19.4. The van der Waals surface area contributed by atoms with E-state index in [1.165, 1.54) is 38.6 Å². The molecule has 0 spiro atoms. The molecule has 0 aromatic carbocycles. The first-order chi connectivity index (χ1) is 12.3. The number of unbranched alkanes of at least 4 members (excludes halogenated alkanes) is 4. The van der Waals surface area contributed by atoms with Crippen LogP contribution in [0.25, 0.3) is 0 Å². The molecule has 1 heterocycles. The van der Waals surface area contributed by atoms with Gasteiger partial charge in [0, 0.05) is 18.5 Å². The molecule has 0 amide bonds. The van der Waals surface area contributed by atoms with Crippen LogP contribution in [0.4, 0.5) is 0 Å². The van der Waals surface area contributed by atoms with Crippen molar-refractivity contribution in [1.29, 1.82) is 0 Å². The summed E-state index contributed by atoms with van der Waals surface area (Å²) in [5, 5.41) is 6.68. The summed E-state index contributed by atoms with van der Waals surface area (Å²) in [6.45, 7) is 11.9. The Bertz CT molecular complexity index is 523. The van der Waals surface area contributed by atoms with Crippen LogP contribution in [0.15, 0.2) is 15.6 Å². The summed E-state index contributed by atoms with van der Waals surface area (Å²) >= 11 is 0. The van der Waals surface area contributed by atoms with Crippen molar-refractivity contribution in [3.8, 4) is 0 Å². The molecule has 27 heavy (non-hydrogen) atoms. The van der Waals surface area contributed by atoms with Crippen LogP contribution in [0.5, 0.6) is 0 Å². The molecule has 0 aliphatic carbocycles. The van der Waals surface area contributed by atoms with Gasteiger partial charge in [0.2, 0.25) is 5.89 Å². The maximum Gasteiger partial charge on any atom is 0.216 e. The summed E-state index contributed by atoms with van der Waals surface area (Å²) in [6.07, 6.45) is 8.13. The van der Waals surface area contributed by atoms with Gasteiger partial charge in [0.25, 0.3) is 0 Å². The van der Waals surface area contributed by atoms with E-state index in [4.69, 9.17) is 4.42 Å². The molecule has 1 rings (SSSR count). The molecule has 1 aromatic heterocycles. The Labute approximate surface area is 183 Å². The third-order valence-corrected chi connectivity index (χ3v) is 4.08. The Morgan fingerprint density at radius 2 is 1.78 bits per heavy atom. The van der Waals surface area contributed by atoms with Crippen LogP contribution < -0.4 is 10.6 Å². The predicted molar refractivity (Wildman–Crippen MR) is 125 cm³/mol. The minimum absolute atomic E-state index is 0. The molecule has 0 fully saturated rings. The van der Waals surface area contributed by atoms with Crippen LogP contribution in [-0.2, 0) is 12.0 Å². The third-order valence-electron chi connectivity index (χ3n) is 4.08. The highest BCUT2D eigenvalue weighted by molar-refractivity contribution is 14.0. The van der Waals surface area contributed by atoms with Gasteiger partial charge in [-0.2, -0.15) is 0 Å². The number of aromatic nitrogens is 1. The van der Waals surface area contributed by atoms with Gasteiger partial charge < -0.3 is 20.0 Å². The van der Waals surface area contributed by atoms with E-state index in [1.807, 2.05) is 6.20 Å². The lowest BCUT2D eigenvalue weighted by Crippen LogP contribution is -2.37. The molecule has 0 saturated heterocycles. The van der Waals surface area contributed by atoms with Gasteiger partial charge in [-0.3, -0.25) is 0 Å². The fourth-order valence-corrected chi connectivity index (χ4v) is 2.51. The number of halogens is 1. The van der Waals surface area contributed by atoms with Gasteiger partial charge in [0.1, 0.15) is 12.3 Å². The van der Waals surface area contributed by atoms with E-state index in [-0.39, 0.29) is 29.4 Å². The SMILES string of the molecule is CCNC(=NCc1ncc(C(C)(C)C)o1)NCCCCCCCN(C)C.I. The lowest BCUT2D eigenvalue weighted by molar-refractivity contribution is 0.383. The fraction of sp³-hybridized carbons (Fsp3) is 0.800. The van der Waals surface area contributed by atoms with Crippen LogP contribution in [0.3, 0.4) is 0 Å². The molecule has 0 saturated carbocycles. The highest BCUT2D eigenvalue weighted by Gasteiger charge is 2.18. The second-order valence-electron chi connectivity index (χ2n) is 8.06. The van der Waals surface area contributed by atoms with E-state index >= 15 is 0 Å². The van der Waals surface area contributed by atoms with Gasteiger partial charge >= 0.3 is 0 Å². The van der Waals surface area contributed by atoms with E-state index in [0.29, 0.717) is 12.4 Å². The third kappa shape index (κ3) is 12.3. The summed E-state index contributed by atoms with van der Waals surface area (Å²) in [6, 6.07) is 0. The smallest absolute Gasteiger partial charge is 0.216 e. The van der Waals surface area contributed by atoms with Gasteiger partial charge in [-0.05, 0) is 40.4 Å². The van der Waals surface area contributed by atoms with Crippen LogP contribution in [-0.4, -0.2) is 49.6 Å². The largest absolute Gasteiger partial charge is 0.443 e. The average Bonchev–Trinajstić information content (AvgIpc) is 3.04. The highest BCUT2D eigenvalue weighted by atomic mass is 127. The molecular weight excluding hydrogens is 453 g/mol. The van der Waals surface area contributed by atoms with Gasteiger partial charge in [-0.1, -0.05) is 40.0 Å². The van der Waals surface area contributed by atoms with Gasteiger partial charge in [0.15, 0.2) is 5.96 Å². The highest BCUT2D eigenvalue weighted by Crippen LogP contribution is 2.22. The van der Waals surface area contributed by atoms with Crippen LogP contribution in [0, 0.1) is 0 Å². The molecule has 1 aromatic rings. The number of guanidine groups is 1. The van der Waals surface area contributed by atoms with Crippen LogP contribution in [0.2, 0.25) is 0 Å². The summed E-state index contributed by atoms with van der Waals surface area (Å²) in [7, 11) is 4.27. The first-order valence-electron chi connectivity index (χ1n) is 9.95. The number of hydrogen-bond donors (Lipinski definition) is 2.